The molecule has 2 fully saturated rings. The van der Waals surface area contributed by atoms with Gasteiger partial charge in [0.1, 0.15) is 0 Å². The van der Waals surface area contributed by atoms with Crippen molar-refractivity contribution in [1.82, 2.24) is 9.80 Å². The average molecular weight is 330 g/mol. The van der Waals surface area contributed by atoms with Crippen molar-refractivity contribution in [3.8, 4) is 0 Å². The van der Waals surface area contributed by atoms with Crippen LogP contribution in [0.25, 0.3) is 10.1 Å². The van der Waals surface area contributed by atoms with E-state index in [9.17, 15) is 4.79 Å². The number of carbonyl (C=O) groups is 1. The summed E-state index contributed by atoms with van der Waals surface area (Å²) >= 11 is 1.60. The number of fused-ring (bicyclic) bond motifs is 1. The maximum absolute atomic E-state index is 12.7. The van der Waals surface area contributed by atoms with Gasteiger partial charge in [0.05, 0.1) is 11.0 Å². The largest absolute Gasteiger partial charge is 0.377 e. The molecule has 1 amide bonds. The van der Waals surface area contributed by atoms with E-state index in [-0.39, 0.29) is 5.91 Å². The highest BCUT2D eigenvalue weighted by atomic mass is 32.1. The predicted octanol–water partition coefficient (Wildman–Crippen LogP) is 2.84. The van der Waals surface area contributed by atoms with E-state index in [1.807, 2.05) is 23.1 Å². The summed E-state index contributed by atoms with van der Waals surface area (Å²) in [5, 5.41) is 1.16. The second-order valence-electron chi connectivity index (χ2n) is 6.38. The number of piperazine rings is 1. The Bertz CT molecular complexity index is 652. The van der Waals surface area contributed by atoms with Crippen molar-refractivity contribution in [2.24, 2.45) is 0 Å². The summed E-state index contributed by atoms with van der Waals surface area (Å²) in [5.41, 5.74) is 0. The fraction of sp³-hybridized carbons (Fsp3) is 0.500. The number of thiophene rings is 1. The fourth-order valence-electron chi connectivity index (χ4n) is 3.45. The van der Waals surface area contributed by atoms with E-state index in [4.69, 9.17) is 4.74 Å². The van der Waals surface area contributed by atoms with E-state index in [2.05, 4.69) is 17.0 Å². The molecular weight excluding hydrogens is 308 g/mol. The standard InChI is InChI=1S/C18H22N2O2S/c21-18(17-12-14-4-1-2-6-16(14)23-17)20-9-7-19(8-10-20)13-15-5-3-11-22-15/h1-2,4,6,12,15H,3,5,7-11,13H2/t15-/m0/s1. The van der Waals surface area contributed by atoms with Crippen LogP contribution >= 0.6 is 11.3 Å². The highest BCUT2D eigenvalue weighted by molar-refractivity contribution is 7.20. The van der Waals surface area contributed by atoms with Gasteiger partial charge in [0, 0.05) is 44.0 Å². The second-order valence-corrected chi connectivity index (χ2v) is 7.46. The lowest BCUT2D eigenvalue weighted by atomic mass is 10.2. The van der Waals surface area contributed by atoms with E-state index >= 15 is 0 Å². The topological polar surface area (TPSA) is 32.8 Å². The summed E-state index contributed by atoms with van der Waals surface area (Å²) in [4.78, 5) is 18.0. The van der Waals surface area contributed by atoms with Crippen LogP contribution in [0.5, 0.6) is 0 Å². The third kappa shape index (κ3) is 3.27. The zero-order valence-corrected chi connectivity index (χ0v) is 14.1. The molecule has 2 saturated heterocycles. The second kappa shape index (κ2) is 6.59. The molecule has 2 aliphatic heterocycles. The highest BCUT2D eigenvalue weighted by Gasteiger charge is 2.26. The molecule has 0 radical (unpaired) electrons. The van der Waals surface area contributed by atoms with E-state index in [0.717, 1.165) is 49.6 Å². The molecule has 4 nitrogen and oxygen atoms in total. The Morgan fingerprint density at radius 3 is 2.78 bits per heavy atom. The van der Waals surface area contributed by atoms with Crippen molar-refractivity contribution >= 4 is 27.3 Å². The molecule has 0 bridgehead atoms. The first kappa shape index (κ1) is 15.1. The maximum Gasteiger partial charge on any atom is 0.264 e. The normalized spacial score (nSPS) is 22.8. The summed E-state index contributed by atoms with van der Waals surface area (Å²) in [6, 6.07) is 10.2. The molecule has 2 aromatic rings. The lowest BCUT2D eigenvalue weighted by molar-refractivity contribution is 0.0435. The Labute approximate surface area is 140 Å². The molecule has 2 aliphatic rings. The summed E-state index contributed by atoms with van der Waals surface area (Å²) in [7, 11) is 0. The average Bonchev–Trinajstić information content (AvgIpc) is 3.24. The van der Waals surface area contributed by atoms with Crippen LogP contribution in [0.2, 0.25) is 0 Å². The SMILES string of the molecule is O=C(c1cc2ccccc2s1)N1CCN(C[C@@H]2CCCO2)CC1. The van der Waals surface area contributed by atoms with Crippen LogP contribution in [0, 0.1) is 0 Å². The van der Waals surface area contributed by atoms with Crippen LogP contribution in [-0.4, -0.2) is 61.1 Å². The van der Waals surface area contributed by atoms with Crippen molar-refractivity contribution < 1.29 is 9.53 Å². The van der Waals surface area contributed by atoms with Crippen molar-refractivity contribution in [1.29, 1.82) is 0 Å². The Kier molecular flexibility index (Phi) is 4.33. The van der Waals surface area contributed by atoms with Gasteiger partial charge in [-0.05, 0) is 30.4 Å². The minimum Gasteiger partial charge on any atom is -0.377 e. The first-order chi connectivity index (χ1) is 11.3. The monoisotopic (exact) mass is 330 g/mol. The molecule has 5 heteroatoms. The van der Waals surface area contributed by atoms with Gasteiger partial charge < -0.3 is 9.64 Å². The fourth-order valence-corrected chi connectivity index (χ4v) is 4.48. The minimum atomic E-state index is 0.183. The quantitative estimate of drug-likeness (QED) is 0.867. The van der Waals surface area contributed by atoms with Crippen LogP contribution < -0.4 is 0 Å². The van der Waals surface area contributed by atoms with Crippen LogP contribution in [0.4, 0.5) is 0 Å². The van der Waals surface area contributed by atoms with Gasteiger partial charge in [0.2, 0.25) is 0 Å². The van der Waals surface area contributed by atoms with E-state index in [1.54, 1.807) is 11.3 Å². The van der Waals surface area contributed by atoms with Gasteiger partial charge >= 0.3 is 0 Å². The first-order valence-electron chi connectivity index (χ1n) is 8.41. The molecule has 0 saturated carbocycles. The number of carbonyl (C=O) groups excluding carboxylic acids is 1. The number of hydrogen-bond donors (Lipinski definition) is 0. The van der Waals surface area contributed by atoms with Gasteiger partial charge in [0.15, 0.2) is 0 Å². The summed E-state index contributed by atoms with van der Waals surface area (Å²) in [5.74, 6) is 0.183. The van der Waals surface area contributed by atoms with Crippen molar-refractivity contribution in [2.75, 3.05) is 39.3 Å². The van der Waals surface area contributed by atoms with Crippen LogP contribution in [-0.2, 0) is 4.74 Å². The van der Waals surface area contributed by atoms with Crippen LogP contribution in [0.1, 0.15) is 22.5 Å². The Balaban J connectivity index is 1.36. The van der Waals surface area contributed by atoms with Crippen molar-refractivity contribution in [2.45, 2.75) is 18.9 Å². The molecule has 0 aliphatic carbocycles. The first-order valence-corrected chi connectivity index (χ1v) is 9.23. The smallest absolute Gasteiger partial charge is 0.264 e. The zero-order chi connectivity index (χ0) is 15.6. The van der Waals surface area contributed by atoms with E-state index < -0.39 is 0 Å². The minimum absolute atomic E-state index is 0.183. The van der Waals surface area contributed by atoms with Gasteiger partial charge in [-0.15, -0.1) is 11.3 Å². The summed E-state index contributed by atoms with van der Waals surface area (Å²) in [6.45, 7) is 5.48. The molecule has 1 aromatic heterocycles. The van der Waals surface area contributed by atoms with E-state index in [0.29, 0.717) is 6.10 Å². The number of benzene rings is 1. The zero-order valence-electron chi connectivity index (χ0n) is 13.2. The van der Waals surface area contributed by atoms with Crippen LogP contribution in [0.3, 0.4) is 0 Å². The Morgan fingerprint density at radius 1 is 1.22 bits per heavy atom. The molecule has 0 unspecified atom stereocenters. The van der Waals surface area contributed by atoms with E-state index in [1.165, 1.54) is 17.5 Å². The molecule has 122 valence electrons. The number of ether oxygens (including phenoxy) is 1. The van der Waals surface area contributed by atoms with Crippen LogP contribution in [0.15, 0.2) is 30.3 Å². The molecule has 4 rings (SSSR count). The van der Waals surface area contributed by atoms with Gasteiger partial charge in [0.25, 0.3) is 5.91 Å². The molecular formula is C18H22N2O2S. The number of amides is 1. The molecule has 3 heterocycles. The summed E-state index contributed by atoms with van der Waals surface area (Å²) in [6.07, 6.45) is 2.77. The van der Waals surface area contributed by atoms with Crippen molar-refractivity contribution in [3.05, 3.63) is 35.2 Å². The Hall–Kier alpha value is -1.43. The predicted molar refractivity (Wildman–Crippen MR) is 93.1 cm³/mol. The number of rotatable bonds is 3. The number of hydrogen-bond acceptors (Lipinski definition) is 4. The molecule has 23 heavy (non-hydrogen) atoms. The maximum atomic E-state index is 12.7. The van der Waals surface area contributed by atoms with Gasteiger partial charge in [-0.25, -0.2) is 0 Å². The van der Waals surface area contributed by atoms with Gasteiger partial charge in [-0.2, -0.15) is 0 Å². The van der Waals surface area contributed by atoms with Gasteiger partial charge in [-0.3, -0.25) is 9.69 Å². The number of nitrogens with zero attached hydrogens (tertiary/aromatic N) is 2. The highest BCUT2D eigenvalue weighted by Crippen LogP contribution is 2.26. The molecule has 0 spiro atoms. The Morgan fingerprint density at radius 2 is 2.04 bits per heavy atom. The molecule has 1 aromatic carbocycles. The molecule has 0 N–H and O–H groups in total. The molecule has 1 atom stereocenters. The lowest BCUT2D eigenvalue weighted by Crippen LogP contribution is -2.50. The van der Waals surface area contributed by atoms with Crippen molar-refractivity contribution in [3.63, 3.8) is 0 Å². The third-order valence-corrected chi connectivity index (χ3v) is 5.89. The third-order valence-electron chi connectivity index (χ3n) is 4.78. The lowest BCUT2D eigenvalue weighted by Gasteiger charge is -2.35. The summed E-state index contributed by atoms with van der Waals surface area (Å²) < 4.78 is 6.90. The van der Waals surface area contributed by atoms with Gasteiger partial charge in [-0.1, -0.05) is 18.2 Å².